The van der Waals surface area contributed by atoms with Gasteiger partial charge in [-0.25, -0.2) is 8.78 Å². The van der Waals surface area contributed by atoms with Crippen LogP contribution in [0, 0.1) is 23.0 Å². The van der Waals surface area contributed by atoms with Crippen molar-refractivity contribution in [3.05, 3.63) is 34.9 Å². The number of nitriles is 1. The molecule has 0 aliphatic rings. The number of hydrogen-bond acceptors (Lipinski definition) is 4. The van der Waals surface area contributed by atoms with Gasteiger partial charge in [0.25, 0.3) is 0 Å². The fourth-order valence-electron chi connectivity index (χ4n) is 1.54. The second kappa shape index (κ2) is 8.59. The Hall–Kier alpha value is -1.55. The SMILES string of the molecule is CN(C)CCOCCNCc1c(F)cc(C#N)cc1F. The third kappa shape index (κ3) is 5.61. The van der Waals surface area contributed by atoms with Crippen molar-refractivity contribution in [1.82, 2.24) is 10.2 Å². The van der Waals surface area contributed by atoms with Crippen LogP contribution in [0.2, 0.25) is 0 Å². The lowest BCUT2D eigenvalue weighted by Crippen LogP contribution is -2.23. The van der Waals surface area contributed by atoms with E-state index in [1.54, 1.807) is 6.07 Å². The van der Waals surface area contributed by atoms with Gasteiger partial charge in [-0.2, -0.15) is 5.26 Å². The minimum Gasteiger partial charge on any atom is -0.379 e. The molecule has 0 saturated heterocycles. The molecule has 0 aromatic heterocycles. The van der Waals surface area contributed by atoms with Crippen LogP contribution < -0.4 is 5.32 Å². The summed E-state index contributed by atoms with van der Waals surface area (Å²) in [7, 11) is 3.91. The summed E-state index contributed by atoms with van der Waals surface area (Å²) in [5.74, 6) is -1.41. The standard InChI is InChI=1S/C14H19F2N3O/c1-19(2)4-6-20-5-3-18-10-12-13(15)7-11(9-17)8-14(12)16/h7-8,18H,3-6,10H2,1-2H3. The van der Waals surface area contributed by atoms with E-state index < -0.39 is 11.6 Å². The first-order valence-electron chi connectivity index (χ1n) is 6.35. The summed E-state index contributed by atoms with van der Waals surface area (Å²) in [6, 6.07) is 3.78. The first kappa shape index (κ1) is 16.5. The van der Waals surface area contributed by atoms with E-state index in [-0.39, 0.29) is 17.7 Å². The summed E-state index contributed by atoms with van der Waals surface area (Å²) < 4.78 is 32.4. The lowest BCUT2D eigenvalue weighted by atomic mass is 10.1. The fourth-order valence-corrected chi connectivity index (χ4v) is 1.54. The van der Waals surface area contributed by atoms with E-state index in [1.807, 2.05) is 19.0 Å². The summed E-state index contributed by atoms with van der Waals surface area (Å²) in [5, 5.41) is 11.5. The minimum absolute atomic E-state index is 0.0178. The predicted molar refractivity (Wildman–Crippen MR) is 72.2 cm³/mol. The van der Waals surface area contributed by atoms with E-state index in [0.717, 1.165) is 18.7 Å². The topological polar surface area (TPSA) is 48.3 Å². The van der Waals surface area contributed by atoms with E-state index in [9.17, 15) is 8.78 Å². The zero-order chi connectivity index (χ0) is 15.0. The van der Waals surface area contributed by atoms with Crippen molar-refractivity contribution < 1.29 is 13.5 Å². The molecule has 6 heteroatoms. The van der Waals surface area contributed by atoms with E-state index in [2.05, 4.69) is 5.32 Å². The van der Waals surface area contributed by atoms with Crippen molar-refractivity contribution in [1.29, 1.82) is 5.26 Å². The summed E-state index contributed by atoms with van der Waals surface area (Å²) in [6.07, 6.45) is 0. The molecule has 0 aliphatic carbocycles. The molecule has 0 radical (unpaired) electrons. The Balaban J connectivity index is 2.31. The van der Waals surface area contributed by atoms with Gasteiger partial charge in [-0.3, -0.25) is 0 Å². The van der Waals surface area contributed by atoms with Crippen LogP contribution in [0.4, 0.5) is 8.78 Å². The number of nitrogens with one attached hydrogen (secondary N) is 1. The molecule has 4 nitrogen and oxygen atoms in total. The van der Waals surface area contributed by atoms with Crippen LogP contribution in [0.3, 0.4) is 0 Å². The molecule has 0 atom stereocenters. The Morgan fingerprint density at radius 3 is 2.45 bits per heavy atom. The first-order valence-corrected chi connectivity index (χ1v) is 6.35. The third-order valence-electron chi connectivity index (χ3n) is 2.68. The number of halogens is 2. The lowest BCUT2D eigenvalue weighted by Gasteiger charge is -2.11. The monoisotopic (exact) mass is 283 g/mol. The molecule has 0 heterocycles. The molecule has 0 fully saturated rings. The Kier molecular flexibility index (Phi) is 7.09. The van der Waals surface area contributed by atoms with Crippen LogP contribution >= 0.6 is 0 Å². The number of ether oxygens (including phenoxy) is 1. The molecule has 110 valence electrons. The second-order valence-electron chi connectivity index (χ2n) is 4.62. The molecule has 0 aliphatic heterocycles. The quantitative estimate of drug-likeness (QED) is 0.735. The largest absolute Gasteiger partial charge is 0.379 e. The van der Waals surface area contributed by atoms with Crippen molar-refractivity contribution in [3.63, 3.8) is 0 Å². The van der Waals surface area contributed by atoms with Crippen LogP contribution in [0.1, 0.15) is 11.1 Å². The average Bonchev–Trinajstić information content (AvgIpc) is 2.39. The van der Waals surface area contributed by atoms with Crippen LogP contribution in [0.15, 0.2) is 12.1 Å². The summed E-state index contributed by atoms with van der Waals surface area (Å²) in [6.45, 7) is 2.51. The molecule has 0 spiro atoms. The lowest BCUT2D eigenvalue weighted by molar-refractivity contribution is 0.119. The highest BCUT2D eigenvalue weighted by Crippen LogP contribution is 2.14. The molecular weight excluding hydrogens is 264 g/mol. The van der Waals surface area contributed by atoms with Gasteiger partial charge < -0.3 is 15.0 Å². The average molecular weight is 283 g/mol. The van der Waals surface area contributed by atoms with Crippen molar-refractivity contribution in [2.24, 2.45) is 0 Å². The third-order valence-corrected chi connectivity index (χ3v) is 2.68. The van der Waals surface area contributed by atoms with Crippen molar-refractivity contribution in [3.8, 4) is 6.07 Å². The number of hydrogen-bond donors (Lipinski definition) is 1. The van der Waals surface area contributed by atoms with Crippen molar-refractivity contribution in [2.75, 3.05) is 40.4 Å². The maximum Gasteiger partial charge on any atom is 0.131 e. The van der Waals surface area contributed by atoms with Gasteiger partial charge >= 0.3 is 0 Å². The maximum absolute atomic E-state index is 13.5. The highest BCUT2D eigenvalue weighted by molar-refractivity contribution is 5.34. The zero-order valence-corrected chi connectivity index (χ0v) is 11.7. The number of benzene rings is 1. The highest BCUT2D eigenvalue weighted by Gasteiger charge is 2.10. The van der Waals surface area contributed by atoms with Crippen molar-refractivity contribution >= 4 is 0 Å². The van der Waals surface area contributed by atoms with Crippen LogP contribution in [0.25, 0.3) is 0 Å². The predicted octanol–water partition coefficient (Wildman–Crippen LogP) is 1.50. The second-order valence-corrected chi connectivity index (χ2v) is 4.62. The number of rotatable bonds is 8. The van der Waals surface area contributed by atoms with Crippen LogP contribution in [-0.2, 0) is 11.3 Å². The van der Waals surface area contributed by atoms with Crippen LogP contribution in [-0.4, -0.2) is 45.3 Å². The zero-order valence-electron chi connectivity index (χ0n) is 11.7. The van der Waals surface area contributed by atoms with E-state index in [0.29, 0.717) is 19.8 Å². The van der Waals surface area contributed by atoms with E-state index in [4.69, 9.17) is 10.00 Å². The Morgan fingerprint density at radius 1 is 1.25 bits per heavy atom. The van der Waals surface area contributed by atoms with Gasteiger partial charge in [-0.05, 0) is 26.2 Å². The van der Waals surface area contributed by atoms with Gasteiger partial charge in [-0.1, -0.05) is 0 Å². The highest BCUT2D eigenvalue weighted by atomic mass is 19.1. The maximum atomic E-state index is 13.5. The normalized spacial score (nSPS) is 10.8. The first-order chi connectivity index (χ1) is 9.54. The smallest absolute Gasteiger partial charge is 0.131 e. The van der Waals surface area contributed by atoms with E-state index >= 15 is 0 Å². The van der Waals surface area contributed by atoms with Gasteiger partial charge in [0.15, 0.2) is 0 Å². The Morgan fingerprint density at radius 2 is 1.90 bits per heavy atom. The number of nitrogens with zero attached hydrogens (tertiary/aromatic N) is 2. The molecule has 0 unspecified atom stereocenters. The Bertz CT molecular complexity index is 449. The van der Waals surface area contributed by atoms with E-state index in [1.165, 1.54) is 0 Å². The molecule has 1 aromatic carbocycles. The van der Waals surface area contributed by atoms with Crippen LogP contribution in [0.5, 0.6) is 0 Å². The number of likely N-dealkylation sites (N-methyl/N-ethyl adjacent to an activating group) is 1. The van der Waals surface area contributed by atoms with Crippen molar-refractivity contribution in [2.45, 2.75) is 6.54 Å². The molecule has 0 bridgehead atoms. The minimum atomic E-state index is -0.706. The van der Waals surface area contributed by atoms with Gasteiger partial charge in [-0.15, -0.1) is 0 Å². The summed E-state index contributed by atoms with van der Waals surface area (Å²) in [5.41, 5.74) is -0.0759. The molecule has 1 N–H and O–H groups in total. The Labute approximate surface area is 117 Å². The molecule has 0 saturated carbocycles. The molecular formula is C14H19F2N3O. The summed E-state index contributed by atoms with van der Waals surface area (Å²) >= 11 is 0. The van der Waals surface area contributed by atoms with Gasteiger partial charge in [0, 0.05) is 25.2 Å². The van der Waals surface area contributed by atoms with Gasteiger partial charge in [0.05, 0.1) is 24.8 Å². The molecule has 20 heavy (non-hydrogen) atoms. The molecule has 1 aromatic rings. The fraction of sp³-hybridized carbons (Fsp3) is 0.500. The molecule has 0 amide bonds. The van der Waals surface area contributed by atoms with Gasteiger partial charge in [0.1, 0.15) is 11.6 Å². The van der Waals surface area contributed by atoms with Gasteiger partial charge in [0.2, 0.25) is 0 Å². The molecule has 1 rings (SSSR count). The summed E-state index contributed by atoms with van der Waals surface area (Å²) in [4.78, 5) is 2.01.